The Balaban J connectivity index is 1.50. The Hall–Kier alpha value is -2.12. The molecule has 2 atom stereocenters. The number of aliphatic imine (C=N–C) groups is 1. The normalized spacial score (nSPS) is 23.3. The zero-order valence-electron chi connectivity index (χ0n) is 16.2. The Kier molecular flexibility index (Phi) is 7.06. The number of carbonyl (C=O) groups is 1. The van der Waals surface area contributed by atoms with Crippen molar-refractivity contribution in [1.82, 2.24) is 10.2 Å². The summed E-state index contributed by atoms with van der Waals surface area (Å²) in [6, 6.07) is 7.92. The largest absolute Gasteiger partial charge is 0.375 e. The number of aryl methyl sites for hydroxylation is 1. The summed E-state index contributed by atoms with van der Waals surface area (Å²) in [7, 11) is 1.74. The molecule has 0 aromatic heterocycles. The van der Waals surface area contributed by atoms with E-state index in [1.54, 1.807) is 7.05 Å². The zero-order chi connectivity index (χ0) is 19.1. The summed E-state index contributed by atoms with van der Waals surface area (Å²) in [6.07, 6.45) is 3.31. The maximum absolute atomic E-state index is 12.3. The summed E-state index contributed by atoms with van der Waals surface area (Å²) in [5.41, 5.74) is 2.02. The third-order valence-corrected chi connectivity index (χ3v) is 5.01. The van der Waals surface area contributed by atoms with Gasteiger partial charge in [0, 0.05) is 32.4 Å². The summed E-state index contributed by atoms with van der Waals surface area (Å²) in [5.74, 6) is 0.632. The topological polar surface area (TPSA) is 75.2 Å². The maximum atomic E-state index is 12.3. The highest BCUT2D eigenvalue weighted by Crippen LogP contribution is 2.21. The Bertz CT molecular complexity index is 658. The average molecular weight is 374 g/mol. The van der Waals surface area contributed by atoms with E-state index in [0.29, 0.717) is 6.61 Å². The second kappa shape index (κ2) is 9.71. The van der Waals surface area contributed by atoms with Crippen LogP contribution in [0.15, 0.2) is 29.3 Å². The molecule has 3 rings (SSSR count). The van der Waals surface area contributed by atoms with Crippen LogP contribution >= 0.6 is 0 Å². The van der Waals surface area contributed by atoms with Crippen LogP contribution < -0.4 is 10.6 Å². The van der Waals surface area contributed by atoms with Gasteiger partial charge in [-0.25, -0.2) is 0 Å². The predicted molar refractivity (Wildman–Crippen MR) is 106 cm³/mol. The Morgan fingerprint density at radius 3 is 2.89 bits per heavy atom. The summed E-state index contributed by atoms with van der Waals surface area (Å²) in [6.45, 7) is 5.20. The van der Waals surface area contributed by atoms with Crippen LogP contribution in [0.1, 0.15) is 25.3 Å². The lowest BCUT2D eigenvalue weighted by Gasteiger charge is -2.37. The number of carbonyl (C=O) groups excluding carboxylic acids is 1. The van der Waals surface area contributed by atoms with Crippen LogP contribution in [0.5, 0.6) is 0 Å². The van der Waals surface area contributed by atoms with Gasteiger partial charge in [0.25, 0.3) is 0 Å². The van der Waals surface area contributed by atoms with Gasteiger partial charge in [0.2, 0.25) is 5.91 Å². The number of nitrogens with zero attached hydrogens (tertiary/aromatic N) is 2. The van der Waals surface area contributed by atoms with E-state index in [9.17, 15) is 4.79 Å². The monoisotopic (exact) mass is 374 g/mol. The third-order valence-electron chi connectivity index (χ3n) is 5.01. The number of hydrogen-bond donors (Lipinski definition) is 2. The van der Waals surface area contributed by atoms with Crippen LogP contribution in [0.4, 0.5) is 5.69 Å². The van der Waals surface area contributed by atoms with Gasteiger partial charge in [0.15, 0.2) is 5.96 Å². The minimum atomic E-state index is -0.0895. The molecule has 2 unspecified atom stereocenters. The maximum Gasteiger partial charge on any atom is 0.243 e. The lowest BCUT2D eigenvalue weighted by molar-refractivity contribution is -0.115. The van der Waals surface area contributed by atoms with Crippen molar-refractivity contribution in [2.45, 2.75) is 38.4 Å². The highest BCUT2D eigenvalue weighted by atomic mass is 16.5. The molecule has 2 aliphatic rings. The molecule has 7 heteroatoms. The second-order valence-corrected chi connectivity index (χ2v) is 6.91. The molecule has 1 aromatic rings. The van der Waals surface area contributed by atoms with E-state index < -0.39 is 0 Å². The van der Waals surface area contributed by atoms with Crippen LogP contribution in [0, 0.1) is 0 Å². The fourth-order valence-corrected chi connectivity index (χ4v) is 3.55. The minimum absolute atomic E-state index is 0.0606. The number of hydrogen-bond acceptors (Lipinski definition) is 4. The number of benzene rings is 1. The molecule has 0 spiro atoms. The van der Waals surface area contributed by atoms with Crippen LogP contribution in [0.2, 0.25) is 0 Å². The van der Waals surface area contributed by atoms with Crippen LogP contribution in [-0.4, -0.2) is 68.9 Å². The van der Waals surface area contributed by atoms with E-state index >= 15 is 0 Å². The fourth-order valence-electron chi connectivity index (χ4n) is 3.55. The number of nitrogens with one attached hydrogen (secondary N) is 2. The van der Waals surface area contributed by atoms with Crippen molar-refractivity contribution in [3.05, 3.63) is 29.8 Å². The van der Waals surface area contributed by atoms with Crippen molar-refractivity contribution < 1.29 is 14.3 Å². The molecule has 27 heavy (non-hydrogen) atoms. The molecule has 148 valence electrons. The molecule has 2 fully saturated rings. The van der Waals surface area contributed by atoms with Gasteiger partial charge in [-0.15, -0.1) is 0 Å². The molecule has 0 bridgehead atoms. The molecule has 2 heterocycles. The summed E-state index contributed by atoms with van der Waals surface area (Å²) in [5, 5.41) is 6.10. The van der Waals surface area contributed by atoms with Gasteiger partial charge in [-0.3, -0.25) is 9.79 Å². The van der Waals surface area contributed by atoms with Crippen LogP contribution in [0.3, 0.4) is 0 Å². The zero-order valence-corrected chi connectivity index (χ0v) is 16.2. The Morgan fingerprint density at radius 2 is 2.15 bits per heavy atom. The summed E-state index contributed by atoms with van der Waals surface area (Å²) >= 11 is 0. The van der Waals surface area contributed by atoms with Crippen LogP contribution in [0.25, 0.3) is 0 Å². The van der Waals surface area contributed by atoms with Gasteiger partial charge >= 0.3 is 0 Å². The molecule has 1 aromatic carbocycles. The quantitative estimate of drug-likeness (QED) is 0.605. The number of ether oxygens (including phenoxy) is 2. The lowest BCUT2D eigenvalue weighted by Crippen LogP contribution is -2.54. The molecule has 1 amide bonds. The minimum Gasteiger partial charge on any atom is -0.375 e. The molecule has 0 radical (unpaired) electrons. The smallest absolute Gasteiger partial charge is 0.243 e. The SMILES string of the molecule is CCc1cccc(NC(=O)CNC(=NC)N2CCOC(C3CCCO3)C2)c1. The lowest BCUT2D eigenvalue weighted by atomic mass is 10.1. The summed E-state index contributed by atoms with van der Waals surface area (Å²) < 4.78 is 11.6. The first kappa shape index (κ1) is 19.6. The van der Waals surface area contributed by atoms with E-state index in [0.717, 1.165) is 50.6 Å². The van der Waals surface area contributed by atoms with Gasteiger partial charge in [-0.2, -0.15) is 0 Å². The van der Waals surface area contributed by atoms with Gasteiger partial charge in [-0.05, 0) is 37.0 Å². The number of amides is 1. The van der Waals surface area contributed by atoms with Crippen LogP contribution in [-0.2, 0) is 20.7 Å². The fraction of sp³-hybridized carbons (Fsp3) is 0.600. The van der Waals surface area contributed by atoms with E-state index in [-0.39, 0.29) is 24.7 Å². The molecule has 2 N–H and O–H groups in total. The van der Waals surface area contributed by atoms with Crippen molar-refractivity contribution in [1.29, 1.82) is 0 Å². The third kappa shape index (κ3) is 5.43. The van der Waals surface area contributed by atoms with E-state index in [1.807, 2.05) is 18.2 Å². The first-order chi connectivity index (χ1) is 13.2. The molecular formula is C20H30N4O3. The van der Waals surface area contributed by atoms with Crippen molar-refractivity contribution in [2.75, 3.05) is 45.2 Å². The van der Waals surface area contributed by atoms with E-state index in [1.165, 1.54) is 5.56 Å². The van der Waals surface area contributed by atoms with E-state index in [2.05, 4.69) is 33.5 Å². The highest BCUT2D eigenvalue weighted by molar-refractivity contribution is 5.95. The number of morpholine rings is 1. The summed E-state index contributed by atoms with van der Waals surface area (Å²) in [4.78, 5) is 18.8. The Morgan fingerprint density at radius 1 is 1.30 bits per heavy atom. The van der Waals surface area contributed by atoms with Gasteiger partial charge in [0.1, 0.15) is 6.10 Å². The highest BCUT2D eigenvalue weighted by Gasteiger charge is 2.32. The first-order valence-electron chi connectivity index (χ1n) is 9.77. The van der Waals surface area contributed by atoms with Crippen molar-refractivity contribution in [3.8, 4) is 0 Å². The van der Waals surface area contributed by atoms with Gasteiger partial charge < -0.3 is 25.0 Å². The molecular weight excluding hydrogens is 344 g/mol. The second-order valence-electron chi connectivity index (χ2n) is 6.91. The standard InChI is InChI=1S/C20H30N4O3/c1-3-15-6-4-7-16(12-15)23-19(25)13-22-20(21-2)24-9-11-27-18(14-24)17-8-5-10-26-17/h4,6-7,12,17-18H,3,5,8-11,13-14H2,1-2H3,(H,21,22)(H,23,25). The van der Waals surface area contributed by atoms with Crippen molar-refractivity contribution >= 4 is 17.6 Å². The molecule has 0 aliphatic carbocycles. The molecule has 7 nitrogen and oxygen atoms in total. The number of guanidine groups is 1. The number of anilines is 1. The van der Waals surface area contributed by atoms with Gasteiger partial charge in [0.05, 0.1) is 19.3 Å². The Labute approximate surface area is 161 Å². The molecule has 2 aliphatic heterocycles. The number of rotatable bonds is 5. The van der Waals surface area contributed by atoms with Crippen molar-refractivity contribution in [2.24, 2.45) is 4.99 Å². The van der Waals surface area contributed by atoms with E-state index in [4.69, 9.17) is 9.47 Å². The van der Waals surface area contributed by atoms with Gasteiger partial charge in [-0.1, -0.05) is 19.1 Å². The molecule has 0 saturated carbocycles. The molecule has 2 saturated heterocycles. The first-order valence-corrected chi connectivity index (χ1v) is 9.77. The predicted octanol–water partition coefficient (Wildman–Crippen LogP) is 1.64. The van der Waals surface area contributed by atoms with Crippen molar-refractivity contribution in [3.63, 3.8) is 0 Å². The average Bonchev–Trinajstić information content (AvgIpc) is 3.24.